The number of hydrogen-bond donors (Lipinski definition) is 2. The molecule has 0 radical (unpaired) electrons. The molecule has 96 valence electrons. The van der Waals surface area contributed by atoms with E-state index < -0.39 is 0 Å². The maximum absolute atomic E-state index is 13.4. The van der Waals surface area contributed by atoms with Crippen molar-refractivity contribution in [1.82, 2.24) is 4.98 Å². The summed E-state index contributed by atoms with van der Waals surface area (Å²) in [6, 6.07) is 4.98. The highest BCUT2D eigenvalue weighted by Crippen LogP contribution is 2.32. The first-order valence-corrected chi connectivity index (χ1v) is 5.91. The number of nitrogens with one attached hydrogen (secondary N) is 1. The topological polar surface area (TPSA) is 50.9 Å². The zero-order valence-electron chi connectivity index (χ0n) is 11.1. The number of rotatable bonds is 1. The Morgan fingerprint density at radius 2 is 1.89 bits per heavy atom. The van der Waals surface area contributed by atoms with Crippen molar-refractivity contribution in [3.63, 3.8) is 0 Å². The largest absolute Gasteiger partial charge is 0.308 e. The van der Waals surface area contributed by atoms with Gasteiger partial charge in [-0.1, -0.05) is 20.8 Å². The molecule has 4 heteroatoms. The molecular weight excluding hydrogens is 229 g/mol. The number of anilines is 1. The fourth-order valence-electron chi connectivity index (χ4n) is 2.09. The molecule has 3 nitrogen and oxygen atoms in total. The van der Waals surface area contributed by atoms with Gasteiger partial charge in [0.2, 0.25) is 0 Å². The molecule has 1 aromatic carbocycles. The van der Waals surface area contributed by atoms with Crippen LogP contribution in [0.15, 0.2) is 18.2 Å². The monoisotopic (exact) mass is 247 g/mol. The smallest absolute Gasteiger partial charge is 0.144 e. The van der Waals surface area contributed by atoms with Crippen molar-refractivity contribution in [2.45, 2.75) is 33.1 Å². The van der Waals surface area contributed by atoms with Gasteiger partial charge in [0.1, 0.15) is 11.6 Å². The van der Waals surface area contributed by atoms with E-state index >= 15 is 0 Å². The summed E-state index contributed by atoms with van der Waals surface area (Å²) in [5.74, 6) is 5.83. The van der Waals surface area contributed by atoms with Gasteiger partial charge in [0.25, 0.3) is 0 Å². The van der Waals surface area contributed by atoms with Gasteiger partial charge in [0.15, 0.2) is 0 Å². The summed E-state index contributed by atoms with van der Waals surface area (Å²) >= 11 is 0. The predicted octanol–water partition coefficient (Wildman–Crippen LogP) is 3.27. The minimum atomic E-state index is -0.279. The lowest BCUT2D eigenvalue weighted by molar-refractivity contribution is 0.590. The van der Waals surface area contributed by atoms with E-state index in [0.29, 0.717) is 11.3 Å². The standard InChI is InChI=1S/C14H18FN3/c1-8-5-9(15)6-12-10(8)7-11(14(2,3)4)13(17-12)18-16/h5-7H,16H2,1-4H3,(H,17,18). The molecule has 3 N–H and O–H groups in total. The number of nitrogens with zero attached hydrogens (tertiary/aromatic N) is 1. The summed E-state index contributed by atoms with van der Waals surface area (Å²) in [6.45, 7) is 8.16. The zero-order chi connectivity index (χ0) is 13.5. The molecule has 0 aliphatic rings. The minimum Gasteiger partial charge on any atom is -0.308 e. The molecule has 0 aliphatic heterocycles. The number of hydrogen-bond acceptors (Lipinski definition) is 3. The number of aryl methyl sites for hydroxylation is 1. The van der Waals surface area contributed by atoms with E-state index in [1.165, 1.54) is 12.1 Å². The third-order valence-corrected chi connectivity index (χ3v) is 3.05. The minimum absolute atomic E-state index is 0.0796. The maximum Gasteiger partial charge on any atom is 0.144 e. The molecule has 0 atom stereocenters. The first-order valence-electron chi connectivity index (χ1n) is 5.91. The van der Waals surface area contributed by atoms with Crippen LogP contribution in [0.5, 0.6) is 0 Å². The molecule has 18 heavy (non-hydrogen) atoms. The normalized spacial score (nSPS) is 11.9. The number of fused-ring (bicyclic) bond motifs is 1. The van der Waals surface area contributed by atoms with Crippen molar-refractivity contribution in [3.05, 3.63) is 35.1 Å². The fraction of sp³-hybridized carbons (Fsp3) is 0.357. The number of hydrazine groups is 1. The molecule has 0 fully saturated rings. The van der Waals surface area contributed by atoms with Gasteiger partial charge < -0.3 is 5.43 Å². The molecule has 2 aromatic rings. The van der Waals surface area contributed by atoms with Crippen LogP contribution in [0.1, 0.15) is 31.9 Å². The molecular formula is C14H18FN3. The first kappa shape index (κ1) is 12.8. The number of aromatic nitrogens is 1. The van der Waals surface area contributed by atoms with Gasteiger partial charge >= 0.3 is 0 Å². The van der Waals surface area contributed by atoms with Gasteiger partial charge in [-0.25, -0.2) is 15.2 Å². The van der Waals surface area contributed by atoms with Gasteiger partial charge in [-0.3, -0.25) is 0 Å². The third-order valence-electron chi connectivity index (χ3n) is 3.05. The Kier molecular flexibility index (Phi) is 2.99. The van der Waals surface area contributed by atoms with Crippen LogP contribution in [0.25, 0.3) is 10.9 Å². The van der Waals surface area contributed by atoms with Crippen LogP contribution in [0.2, 0.25) is 0 Å². The molecule has 0 spiro atoms. The molecule has 0 saturated carbocycles. The van der Waals surface area contributed by atoms with E-state index in [1.807, 2.05) is 13.0 Å². The van der Waals surface area contributed by atoms with E-state index in [1.54, 1.807) is 0 Å². The summed E-state index contributed by atoms with van der Waals surface area (Å²) in [5, 5.41) is 0.959. The van der Waals surface area contributed by atoms with Gasteiger partial charge in [-0.15, -0.1) is 0 Å². The van der Waals surface area contributed by atoms with E-state index in [4.69, 9.17) is 5.84 Å². The van der Waals surface area contributed by atoms with E-state index in [2.05, 4.69) is 31.2 Å². The highest BCUT2D eigenvalue weighted by molar-refractivity contribution is 5.85. The average Bonchev–Trinajstić information content (AvgIpc) is 2.25. The SMILES string of the molecule is Cc1cc(F)cc2nc(NN)c(C(C)(C)C)cc12. The molecule has 0 saturated heterocycles. The lowest BCUT2D eigenvalue weighted by atomic mass is 9.86. The lowest BCUT2D eigenvalue weighted by Crippen LogP contribution is -2.19. The highest BCUT2D eigenvalue weighted by atomic mass is 19.1. The van der Waals surface area contributed by atoms with Crippen molar-refractivity contribution in [2.24, 2.45) is 5.84 Å². The van der Waals surface area contributed by atoms with Crippen molar-refractivity contribution >= 4 is 16.7 Å². The first-order chi connectivity index (χ1) is 8.32. The van der Waals surface area contributed by atoms with Crippen LogP contribution in [-0.4, -0.2) is 4.98 Å². The summed E-state index contributed by atoms with van der Waals surface area (Å²) < 4.78 is 13.4. The van der Waals surface area contributed by atoms with E-state index in [0.717, 1.165) is 16.5 Å². The summed E-state index contributed by atoms with van der Waals surface area (Å²) in [6.07, 6.45) is 0. The molecule has 0 unspecified atom stereocenters. The molecule has 0 amide bonds. The fourth-order valence-corrected chi connectivity index (χ4v) is 2.09. The zero-order valence-corrected chi connectivity index (χ0v) is 11.1. The van der Waals surface area contributed by atoms with Crippen LogP contribution in [0.4, 0.5) is 10.2 Å². The van der Waals surface area contributed by atoms with Crippen molar-refractivity contribution < 1.29 is 4.39 Å². The third kappa shape index (κ3) is 2.16. The van der Waals surface area contributed by atoms with Gasteiger partial charge in [-0.2, -0.15) is 0 Å². The Hall–Kier alpha value is -1.68. The van der Waals surface area contributed by atoms with Crippen LogP contribution >= 0.6 is 0 Å². The van der Waals surface area contributed by atoms with Crippen molar-refractivity contribution in [1.29, 1.82) is 0 Å². The Morgan fingerprint density at radius 1 is 1.22 bits per heavy atom. The lowest BCUT2D eigenvalue weighted by Gasteiger charge is -2.22. The molecule has 2 rings (SSSR count). The predicted molar refractivity (Wildman–Crippen MR) is 72.9 cm³/mol. The molecule has 1 aromatic heterocycles. The number of pyridine rings is 1. The molecule has 0 bridgehead atoms. The second-order valence-corrected chi connectivity index (χ2v) is 5.57. The second kappa shape index (κ2) is 4.21. The summed E-state index contributed by atoms with van der Waals surface area (Å²) in [4.78, 5) is 4.41. The Labute approximate surface area is 106 Å². The van der Waals surface area contributed by atoms with Gasteiger partial charge in [0.05, 0.1) is 5.52 Å². The number of halogens is 1. The van der Waals surface area contributed by atoms with E-state index in [-0.39, 0.29) is 11.2 Å². The van der Waals surface area contributed by atoms with Crippen LogP contribution in [0, 0.1) is 12.7 Å². The summed E-state index contributed by atoms with van der Waals surface area (Å²) in [5.41, 5.74) is 5.04. The maximum atomic E-state index is 13.4. The van der Waals surface area contributed by atoms with Crippen molar-refractivity contribution in [2.75, 3.05) is 5.43 Å². The second-order valence-electron chi connectivity index (χ2n) is 5.57. The highest BCUT2D eigenvalue weighted by Gasteiger charge is 2.20. The Balaban J connectivity index is 2.82. The number of nitrogen functional groups attached to an aromatic ring is 1. The number of benzene rings is 1. The van der Waals surface area contributed by atoms with E-state index in [9.17, 15) is 4.39 Å². The summed E-state index contributed by atoms with van der Waals surface area (Å²) in [7, 11) is 0. The van der Waals surface area contributed by atoms with Crippen LogP contribution in [0.3, 0.4) is 0 Å². The quantitative estimate of drug-likeness (QED) is 0.600. The van der Waals surface area contributed by atoms with Gasteiger partial charge in [-0.05, 0) is 30.0 Å². The average molecular weight is 247 g/mol. The number of nitrogens with two attached hydrogens (primary N) is 1. The molecule has 0 aliphatic carbocycles. The van der Waals surface area contributed by atoms with Crippen LogP contribution in [-0.2, 0) is 5.41 Å². The Bertz CT molecular complexity index is 600. The molecule has 1 heterocycles. The van der Waals surface area contributed by atoms with Crippen LogP contribution < -0.4 is 11.3 Å². The van der Waals surface area contributed by atoms with Crippen molar-refractivity contribution in [3.8, 4) is 0 Å². The Morgan fingerprint density at radius 3 is 2.44 bits per heavy atom. The van der Waals surface area contributed by atoms with Gasteiger partial charge in [0, 0.05) is 17.0 Å².